The summed E-state index contributed by atoms with van der Waals surface area (Å²) in [6, 6.07) is 8.16. The Bertz CT molecular complexity index is 1400. The van der Waals surface area contributed by atoms with Gasteiger partial charge in [-0.05, 0) is 49.2 Å². The highest BCUT2D eigenvalue weighted by Gasteiger charge is 2.41. The molecule has 3 aromatic rings. The third kappa shape index (κ3) is 4.46. The molecular weight excluding hydrogens is 496 g/mol. The van der Waals surface area contributed by atoms with Crippen molar-refractivity contribution >= 4 is 22.8 Å². The van der Waals surface area contributed by atoms with Gasteiger partial charge in [-0.1, -0.05) is 0 Å². The van der Waals surface area contributed by atoms with Crippen molar-refractivity contribution in [2.75, 3.05) is 64.1 Å². The van der Waals surface area contributed by atoms with Crippen LogP contribution in [0.3, 0.4) is 0 Å². The van der Waals surface area contributed by atoms with Crippen molar-refractivity contribution in [3.8, 4) is 0 Å². The number of hydrogen-bond donors (Lipinski definition) is 1. The van der Waals surface area contributed by atoms with Crippen molar-refractivity contribution < 1.29 is 27.5 Å². The highest BCUT2D eigenvalue weighted by atomic mass is 19.1. The van der Waals surface area contributed by atoms with Gasteiger partial charge in [-0.3, -0.25) is 9.59 Å². The first kappa shape index (κ1) is 25.0. The van der Waals surface area contributed by atoms with E-state index in [4.69, 9.17) is 13.9 Å². The third-order valence-electron chi connectivity index (χ3n) is 7.65. The highest BCUT2D eigenvalue weighted by Crippen LogP contribution is 2.42. The predicted molar refractivity (Wildman–Crippen MR) is 137 cm³/mol. The van der Waals surface area contributed by atoms with E-state index < -0.39 is 17.2 Å². The number of anilines is 1. The van der Waals surface area contributed by atoms with E-state index in [0.29, 0.717) is 93.7 Å². The molecule has 0 bridgehead atoms. The summed E-state index contributed by atoms with van der Waals surface area (Å²) in [5, 5.41) is 3.69. The fourth-order valence-electron chi connectivity index (χ4n) is 5.75. The number of amides is 1. The van der Waals surface area contributed by atoms with E-state index in [1.54, 1.807) is 17.0 Å². The third-order valence-corrected chi connectivity index (χ3v) is 7.65. The maximum Gasteiger partial charge on any atom is 0.254 e. The van der Waals surface area contributed by atoms with E-state index in [0.717, 1.165) is 12.5 Å². The summed E-state index contributed by atoms with van der Waals surface area (Å²) in [7, 11) is 0. The Morgan fingerprint density at radius 1 is 0.895 bits per heavy atom. The molecule has 0 spiro atoms. The molecule has 1 N–H and O–H groups in total. The Hall–Kier alpha value is -3.34. The number of benzene rings is 2. The number of nitrogens with zero attached hydrogens (tertiary/aromatic N) is 2. The first-order chi connectivity index (χ1) is 18.4. The van der Waals surface area contributed by atoms with Crippen LogP contribution in [0.2, 0.25) is 0 Å². The SMILES string of the molecule is O=C(c1cc([C@]2(c3cc(F)cc(F)c3)CCCN2)c2oc(N3CCOCC3)cc(=O)c2c1)N1CCOCC1. The molecule has 3 aliphatic heterocycles. The minimum absolute atomic E-state index is 0.230. The smallest absolute Gasteiger partial charge is 0.254 e. The molecule has 3 fully saturated rings. The van der Waals surface area contributed by atoms with Gasteiger partial charge < -0.3 is 29.0 Å². The van der Waals surface area contributed by atoms with Crippen LogP contribution in [0, 0.1) is 11.6 Å². The van der Waals surface area contributed by atoms with Crippen molar-refractivity contribution in [3.05, 3.63) is 74.9 Å². The Morgan fingerprint density at radius 2 is 1.58 bits per heavy atom. The summed E-state index contributed by atoms with van der Waals surface area (Å²) >= 11 is 0. The van der Waals surface area contributed by atoms with E-state index in [2.05, 4.69) is 5.32 Å². The molecule has 0 radical (unpaired) electrons. The van der Waals surface area contributed by atoms with Gasteiger partial charge in [-0.15, -0.1) is 0 Å². The number of morpholine rings is 2. The van der Waals surface area contributed by atoms with Crippen LogP contribution in [0.15, 0.2) is 45.6 Å². The van der Waals surface area contributed by atoms with Crippen LogP contribution in [0.5, 0.6) is 0 Å². The number of carbonyl (C=O) groups excluding carboxylic acids is 1. The van der Waals surface area contributed by atoms with Gasteiger partial charge in [-0.2, -0.15) is 0 Å². The van der Waals surface area contributed by atoms with Crippen LogP contribution in [-0.4, -0.2) is 70.0 Å². The van der Waals surface area contributed by atoms with Gasteiger partial charge in [0.2, 0.25) is 0 Å². The lowest BCUT2D eigenvalue weighted by Crippen LogP contribution is -2.41. The van der Waals surface area contributed by atoms with Gasteiger partial charge in [-0.25, -0.2) is 8.78 Å². The molecule has 4 heterocycles. The lowest BCUT2D eigenvalue weighted by atomic mass is 9.80. The minimum Gasteiger partial charge on any atom is -0.440 e. The van der Waals surface area contributed by atoms with Crippen LogP contribution in [0.25, 0.3) is 11.0 Å². The molecule has 3 saturated heterocycles. The molecule has 1 atom stereocenters. The average molecular weight is 526 g/mol. The van der Waals surface area contributed by atoms with E-state index in [1.807, 2.05) is 4.90 Å². The fourth-order valence-corrected chi connectivity index (χ4v) is 5.75. The molecule has 3 aliphatic rings. The van der Waals surface area contributed by atoms with E-state index in [1.165, 1.54) is 18.2 Å². The molecule has 38 heavy (non-hydrogen) atoms. The summed E-state index contributed by atoms with van der Waals surface area (Å²) in [5.41, 5.74) is 0.180. The van der Waals surface area contributed by atoms with Crippen LogP contribution in [0.1, 0.15) is 34.3 Å². The zero-order chi connectivity index (χ0) is 26.3. The monoisotopic (exact) mass is 525 g/mol. The second-order valence-electron chi connectivity index (χ2n) is 9.95. The minimum atomic E-state index is -1.05. The summed E-state index contributed by atoms with van der Waals surface area (Å²) < 4.78 is 46.2. The van der Waals surface area contributed by atoms with Gasteiger partial charge >= 0.3 is 0 Å². The lowest BCUT2D eigenvalue weighted by molar-refractivity contribution is 0.0303. The molecule has 8 nitrogen and oxygen atoms in total. The predicted octanol–water partition coefficient (Wildman–Crippen LogP) is 3.01. The number of hydrogen-bond acceptors (Lipinski definition) is 7. The zero-order valence-corrected chi connectivity index (χ0v) is 20.9. The Balaban J connectivity index is 1.59. The lowest BCUT2D eigenvalue weighted by Gasteiger charge is -2.33. The molecule has 2 aromatic carbocycles. The van der Waals surface area contributed by atoms with Crippen molar-refractivity contribution in [2.24, 2.45) is 0 Å². The van der Waals surface area contributed by atoms with Crippen LogP contribution < -0.4 is 15.6 Å². The Labute approximate surface area is 218 Å². The number of carbonyl (C=O) groups is 1. The largest absolute Gasteiger partial charge is 0.440 e. The number of nitrogens with one attached hydrogen (secondary N) is 1. The van der Waals surface area contributed by atoms with Crippen LogP contribution >= 0.6 is 0 Å². The number of rotatable bonds is 4. The molecule has 200 valence electrons. The molecule has 0 unspecified atom stereocenters. The molecule has 0 saturated carbocycles. The fraction of sp³-hybridized carbons (Fsp3) is 0.429. The summed E-state index contributed by atoms with van der Waals surface area (Å²) in [4.78, 5) is 30.7. The van der Waals surface area contributed by atoms with E-state index >= 15 is 0 Å². The normalized spacial score (nSPS) is 22.3. The Kier molecular flexibility index (Phi) is 6.63. The van der Waals surface area contributed by atoms with Crippen LogP contribution in [-0.2, 0) is 15.0 Å². The number of fused-ring (bicyclic) bond motifs is 1. The van der Waals surface area contributed by atoms with Gasteiger partial charge in [0.05, 0.1) is 37.4 Å². The summed E-state index contributed by atoms with van der Waals surface area (Å²) in [6.07, 6.45) is 1.24. The second kappa shape index (κ2) is 10.1. The number of halogens is 2. The summed E-state index contributed by atoms with van der Waals surface area (Å²) in [6.45, 7) is 4.49. The summed E-state index contributed by atoms with van der Waals surface area (Å²) in [5.74, 6) is -1.23. The van der Waals surface area contributed by atoms with Crippen molar-refractivity contribution in [2.45, 2.75) is 18.4 Å². The van der Waals surface area contributed by atoms with Gasteiger partial charge in [0.25, 0.3) is 5.91 Å². The first-order valence-electron chi connectivity index (χ1n) is 13.0. The topological polar surface area (TPSA) is 84.2 Å². The average Bonchev–Trinajstić information content (AvgIpc) is 3.44. The van der Waals surface area contributed by atoms with Gasteiger partial charge in [0.15, 0.2) is 11.3 Å². The van der Waals surface area contributed by atoms with Crippen LogP contribution in [0.4, 0.5) is 14.7 Å². The standard InChI is InChI=1S/C28H29F2N3O5/c29-20-14-19(15-21(30)16-20)28(2-1-3-31-28)23-13-18(27(35)33-6-10-37-11-7-33)12-22-24(34)17-25(38-26(22)23)32-4-8-36-9-5-32/h12-17,31H,1-11H2/t28-/m1/s1. The molecule has 6 rings (SSSR count). The molecule has 10 heteroatoms. The molecule has 1 amide bonds. The van der Waals surface area contributed by atoms with Gasteiger partial charge in [0, 0.05) is 49.4 Å². The maximum absolute atomic E-state index is 14.5. The van der Waals surface area contributed by atoms with Gasteiger partial charge in [0.1, 0.15) is 17.2 Å². The molecular formula is C28H29F2N3O5. The van der Waals surface area contributed by atoms with E-state index in [-0.39, 0.29) is 16.7 Å². The highest BCUT2D eigenvalue weighted by molar-refractivity contribution is 5.99. The zero-order valence-electron chi connectivity index (χ0n) is 20.9. The Morgan fingerprint density at radius 3 is 2.24 bits per heavy atom. The number of ether oxygens (including phenoxy) is 2. The second-order valence-corrected chi connectivity index (χ2v) is 9.95. The van der Waals surface area contributed by atoms with Crippen molar-refractivity contribution in [1.29, 1.82) is 0 Å². The first-order valence-corrected chi connectivity index (χ1v) is 13.0. The quantitative estimate of drug-likeness (QED) is 0.561. The van der Waals surface area contributed by atoms with E-state index in [9.17, 15) is 18.4 Å². The molecule has 0 aliphatic carbocycles. The molecule has 1 aromatic heterocycles. The maximum atomic E-state index is 14.5. The van der Waals surface area contributed by atoms with Crippen molar-refractivity contribution in [1.82, 2.24) is 10.2 Å². The van der Waals surface area contributed by atoms with Crippen molar-refractivity contribution in [3.63, 3.8) is 0 Å².